The Morgan fingerprint density at radius 2 is 1.71 bits per heavy atom. The molecular formula is C26H36ClN3O4S. The number of amides is 2. The molecule has 1 N–H and O–H groups in total. The summed E-state index contributed by atoms with van der Waals surface area (Å²) in [6.07, 6.45) is 2.19. The van der Waals surface area contributed by atoms with Gasteiger partial charge in [-0.3, -0.25) is 13.9 Å². The van der Waals surface area contributed by atoms with Gasteiger partial charge in [0.15, 0.2) is 0 Å². The normalized spacial score (nSPS) is 13.1. The first-order valence-electron chi connectivity index (χ1n) is 11.8. The highest BCUT2D eigenvalue weighted by atomic mass is 35.5. The minimum absolute atomic E-state index is 0.0471. The summed E-state index contributed by atoms with van der Waals surface area (Å²) in [4.78, 5) is 28.3. The average molecular weight is 522 g/mol. The Morgan fingerprint density at radius 3 is 2.29 bits per heavy atom. The van der Waals surface area contributed by atoms with Gasteiger partial charge < -0.3 is 10.2 Å². The topological polar surface area (TPSA) is 86.8 Å². The van der Waals surface area contributed by atoms with Gasteiger partial charge in [0.25, 0.3) is 0 Å². The summed E-state index contributed by atoms with van der Waals surface area (Å²) in [7, 11) is -3.81. The quantitative estimate of drug-likeness (QED) is 0.473. The Morgan fingerprint density at radius 1 is 1.06 bits per heavy atom. The molecule has 0 fully saturated rings. The number of anilines is 1. The molecule has 0 bridgehead atoms. The first kappa shape index (κ1) is 28.7. The van der Waals surface area contributed by atoms with Gasteiger partial charge in [-0.1, -0.05) is 61.3 Å². The maximum absolute atomic E-state index is 13.7. The predicted molar refractivity (Wildman–Crippen MR) is 142 cm³/mol. The minimum atomic E-state index is -3.81. The van der Waals surface area contributed by atoms with Gasteiger partial charge in [0.1, 0.15) is 12.6 Å². The van der Waals surface area contributed by atoms with Crippen molar-refractivity contribution >= 4 is 39.1 Å². The van der Waals surface area contributed by atoms with Crippen molar-refractivity contribution in [1.82, 2.24) is 10.2 Å². The first-order valence-corrected chi connectivity index (χ1v) is 14.0. The third-order valence-electron chi connectivity index (χ3n) is 6.01. The van der Waals surface area contributed by atoms with Crippen molar-refractivity contribution in [1.29, 1.82) is 0 Å². The number of hydrogen-bond acceptors (Lipinski definition) is 4. The van der Waals surface area contributed by atoms with Crippen LogP contribution < -0.4 is 9.62 Å². The largest absolute Gasteiger partial charge is 0.352 e. The van der Waals surface area contributed by atoms with Crippen LogP contribution in [0.4, 0.5) is 5.69 Å². The van der Waals surface area contributed by atoms with E-state index in [-0.39, 0.29) is 18.5 Å². The van der Waals surface area contributed by atoms with Gasteiger partial charge in [-0.15, -0.1) is 0 Å². The molecule has 192 valence electrons. The number of halogens is 1. The van der Waals surface area contributed by atoms with Crippen molar-refractivity contribution in [3.63, 3.8) is 0 Å². The van der Waals surface area contributed by atoms with Crippen molar-refractivity contribution in [2.45, 2.75) is 66.1 Å². The molecule has 0 radical (unpaired) electrons. The summed E-state index contributed by atoms with van der Waals surface area (Å²) in [5, 5.41) is 3.37. The van der Waals surface area contributed by atoms with E-state index < -0.39 is 28.5 Å². The Hall–Kier alpha value is -2.58. The molecule has 0 heterocycles. The van der Waals surface area contributed by atoms with Crippen LogP contribution >= 0.6 is 11.6 Å². The van der Waals surface area contributed by atoms with Crippen molar-refractivity contribution in [2.75, 3.05) is 17.1 Å². The highest BCUT2D eigenvalue weighted by Gasteiger charge is 2.32. The number of nitrogens with one attached hydrogen (secondary N) is 1. The Labute approximate surface area is 214 Å². The summed E-state index contributed by atoms with van der Waals surface area (Å²) in [6, 6.07) is 11.8. The van der Waals surface area contributed by atoms with E-state index in [1.165, 1.54) is 4.90 Å². The molecule has 2 amide bonds. The zero-order valence-corrected chi connectivity index (χ0v) is 22.9. The van der Waals surface area contributed by atoms with E-state index in [9.17, 15) is 18.0 Å². The molecule has 0 aliphatic carbocycles. The van der Waals surface area contributed by atoms with E-state index in [2.05, 4.69) is 5.32 Å². The molecule has 9 heteroatoms. The standard InChI is InChI=1S/C26H36ClN3O4S/c1-7-19(4)28-26(32)23(8-2)29(16-21-12-9-11-18(3)15-21)25(31)17-30(35(6,33)34)24-14-10-13-22(27)20(24)5/h9-15,19,23H,7-8,16-17H2,1-6H3,(H,28,32)/t19-,23-/m1/s1. The molecule has 35 heavy (non-hydrogen) atoms. The monoisotopic (exact) mass is 521 g/mol. The van der Waals surface area contributed by atoms with E-state index in [4.69, 9.17) is 11.6 Å². The third-order valence-corrected chi connectivity index (χ3v) is 7.55. The molecule has 2 rings (SSSR count). The Kier molecular flexibility index (Phi) is 10.2. The minimum Gasteiger partial charge on any atom is -0.352 e. The van der Waals surface area contributed by atoms with Crippen LogP contribution in [0.1, 0.15) is 50.3 Å². The van der Waals surface area contributed by atoms with Crippen LogP contribution in [0.15, 0.2) is 42.5 Å². The number of hydrogen-bond donors (Lipinski definition) is 1. The van der Waals surface area contributed by atoms with E-state index in [1.54, 1.807) is 25.1 Å². The van der Waals surface area contributed by atoms with Gasteiger partial charge in [-0.25, -0.2) is 8.42 Å². The molecule has 0 aromatic heterocycles. The van der Waals surface area contributed by atoms with E-state index >= 15 is 0 Å². The Balaban J connectivity index is 2.49. The molecule has 2 atom stereocenters. The molecule has 0 saturated heterocycles. The first-order chi connectivity index (χ1) is 16.4. The molecule has 0 unspecified atom stereocenters. The number of benzene rings is 2. The smallest absolute Gasteiger partial charge is 0.244 e. The molecule has 0 spiro atoms. The second-order valence-electron chi connectivity index (χ2n) is 8.91. The lowest BCUT2D eigenvalue weighted by atomic mass is 10.1. The van der Waals surface area contributed by atoms with Gasteiger partial charge in [0, 0.05) is 17.6 Å². The molecular weight excluding hydrogens is 486 g/mol. The molecule has 7 nitrogen and oxygen atoms in total. The lowest BCUT2D eigenvalue weighted by Gasteiger charge is -2.33. The number of rotatable bonds is 11. The van der Waals surface area contributed by atoms with Crippen molar-refractivity contribution in [3.8, 4) is 0 Å². The van der Waals surface area contributed by atoms with Crippen LogP contribution in [0.3, 0.4) is 0 Å². The number of carbonyl (C=O) groups is 2. The zero-order valence-electron chi connectivity index (χ0n) is 21.3. The molecule has 0 saturated carbocycles. The highest BCUT2D eigenvalue weighted by molar-refractivity contribution is 7.92. The van der Waals surface area contributed by atoms with E-state index in [0.717, 1.165) is 28.1 Å². The second-order valence-corrected chi connectivity index (χ2v) is 11.2. The fourth-order valence-corrected chi connectivity index (χ4v) is 4.90. The molecule has 2 aromatic rings. The number of aryl methyl sites for hydroxylation is 1. The van der Waals surface area contributed by atoms with E-state index in [0.29, 0.717) is 22.7 Å². The van der Waals surface area contributed by atoms with Gasteiger partial charge >= 0.3 is 0 Å². The summed E-state index contributed by atoms with van der Waals surface area (Å²) in [5.41, 5.74) is 2.78. The molecule has 0 aliphatic heterocycles. The summed E-state index contributed by atoms with van der Waals surface area (Å²) >= 11 is 6.24. The fourth-order valence-electron chi connectivity index (χ4n) is 3.83. The van der Waals surface area contributed by atoms with Crippen LogP contribution in [-0.2, 0) is 26.2 Å². The zero-order chi connectivity index (χ0) is 26.3. The van der Waals surface area contributed by atoms with Gasteiger partial charge in [-0.05, 0) is 56.9 Å². The number of nitrogens with zero attached hydrogens (tertiary/aromatic N) is 2. The Bertz CT molecular complexity index is 1150. The van der Waals surface area contributed by atoms with Crippen molar-refractivity contribution in [2.24, 2.45) is 0 Å². The van der Waals surface area contributed by atoms with Crippen LogP contribution in [0.5, 0.6) is 0 Å². The SMILES string of the molecule is CC[C@@H](C)NC(=O)[C@@H](CC)N(Cc1cccc(C)c1)C(=O)CN(c1cccc(Cl)c1C)S(C)(=O)=O. The van der Waals surface area contributed by atoms with Gasteiger partial charge in [0.05, 0.1) is 11.9 Å². The number of sulfonamides is 1. The molecule has 0 aliphatic rings. The van der Waals surface area contributed by atoms with Crippen molar-refractivity contribution in [3.05, 3.63) is 64.2 Å². The van der Waals surface area contributed by atoms with Crippen LogP contribution in [0, 0.1) is 13.8 Å². The van der Waals surface area contributed by atoms with Gasteiger partial charge in [-0.2, -0.15) is 0 Å². The van der Waals surface area contributed by atoms with Crippen LogP contribution in [-0.4, -0.2) is 50.0 Å². The second kappa shape index (κ2) is 12.4. The van der Waals surface area contributed by atoms with Gasteiger partial charge in [0.2, 0.25) is 21.8 Å². The summed E-state index contributed by atoms with van der Waals surface area (Å²) < 4.78 is 26.5. The third kappa shape index (κ3) is 7.70. The lowest BCUT2D eigenvalue weighted by molar-refractivity contribution is -0.140. The fraction of sp³-hybridized carbons (Fsp3) is 0.462. The average Bonchev–Trinajstić information content (AvgIpc) is 2.78. The maximum atomic E-state index is 13.7. The molecule has 2 aromatic carbocycles. The van der Waals surface area contributed by atoms with Crippen LogP contribution in [0.2, 0.25) is 5.02 Å². The van der Waals surface area contributed by atoms with E-state index in [1.807, 2.05) is 52.0 Å². The predicted octanol–water partition coefficient (Wildman–Crippen LogP) is 4.44. The number of carbonyl (C=O) groups excluding carboxylic acids is 2. The van der Waals surface area contributed by atoms with Crippen LogP contribution in [0.25, 0.3) is 0 Å². The maximum Gasteiger partial charge on any atom is 0.244 e. The highest BCUT2D eigenvalue weighted by Crippen LogP contribution is 2.28. The van der Waals surface area contributed by atoms with Crippen molar-refractivity contribution < 1.29 is 18.0 Å². The lowest BCUT2D eigenvalue weighted by Crippen LogP contribution is -2.53. The summed E-state index contributed by atoms with van der Waals surface area (Å²) in [6.45, 7) is 9.11. The summed E-state index contributed by atoms with van der Waals surface area (Å²) in [5.74, 6) is -0.727.